The van der Waals surface area contributed by atoms with Crippen LogP contribution >= 0.6 is 11.3 Å². The molecule has 82 valence electrons. The fraction of sp³-hybridized carbons (Fsp3) is 0.636. The smallest absolute Gasteiger partial charge is 0.306 e. The van der Waals surface area contributed by atoms with Crippen LogP contribution in [0.5, 0.6) is 0 Å². The first kappa shape index (κ1) is 12.0. The average molecular weight is 224 g/mol. The summed E-state index contributed by atoms with van der Waals surface area (Å²) in [6.07, 6.45) is 4.66. The van der Waals surface area contributed by atoms with E-state index in [-0.39, 0.29) is 10.3 Å². The van der Waals surface area contributed by atoms with Gasteiger partial charge in [-0.3, -0.25) is 4.79 Å². The largest absolute Gasteiger partial charge is 0.307 e. The molecule has 0 saturated heterocycles. The van der Waals surface area contributed by atoms with E-state index in [1.165, 1.54) is 11.3 Å². The highest BCUT2D eigenvalue weighted by atomic mass is 32.1. The van der Waals surface area contributed by atoms with Gasteiger partial charge >= 0.3 is 4.87 Å². The van der Waals surface area contributed by atoms with Gasteiger partial charge in [-0.2, -0.15) is 5.26 Å². The Balaban J connectivity index is 2.27. The van der Waals surface area contributed by atoms with Crippen LogP contribution in [0.15, 0.2) is 16.4 Å². The molecule has 0 bridgehead atoms. The molecule has 0 radical (unpaired) electrons. The molecule has 0 atom stereocenters. The Morgan fingerprint density at radius 2 is 2.27 bits per heavy atom. The molecule has 0 aromatic carbocycles. The van der Waals surface area contributed by atoms with Crippen LogP contribution in [0.3, 0.4) is 0 Å². The Kier molecular flexibility index (Phi) is 4.10. The van der Waals surface area contributed by atoms with Crippen LogP contribution in [0.4, 0.5) is 0 Å². The molecule has 0 N–H and O–H groups in total. The minimum Gasteiger partial charge on any atom is -0.306 e. The molecule has 0 aliphatic rings. The van der Waals surface area contributed by atoms with Crippen molar-refractivity contribution in [2.24, 2.45) is 5.41 Å². The minimum absolute atomic E-state index is 0.106. The summed E-state index contributed by atoms with van der Waals surface area (Å²) < 4.78 is 1.73. The Hall–Kier alpha value is -1.08. The molecular weight excluding hydrogens is 208 g/mol. The predicted molar refractivity (Wildman–Crippen MR) is 61.8 cm³/mol. The molecule has 1 heterocycles. The maximum Gasteiger partial charge on any atom is 0.307 e. The van der Waals surface area contributed by atoms with Crippen molar-refractivity contribution in [3.05, 3.63) is 21.2 Å². The number of thiazole rings is 1. The molecule has 0 saturated carbocycles. The number of nitrogens with zero attached hydrogens (tertiary/aromatic N) is 2. The molecule has 1 rings (SSSR count). The molecule has 1 aromatic heterocycles. The highest BCUT2D eigenvalue weighted by molar-refractivity contribution is 7.07. The predicted octanol–water partition coefficient (Wildman–Crippen LogP) is 2.63. The third-order valence-corrected chi connectivity index (χ3v) is 3.09. The number of hydrogen-bond donors (Lipinski definition) is 0. The van der Waals surface area contributed by atoms with Crippen LogP contribution in [0.2, 0.25) is 0 Å². The second-order valence-corrected chi connectivity index (χ2v) is 5.17. The first-order chi connectivity index (χ1) is 7.05. The standard InChI is InChI=1S/C11H16N2OS/c1-11(2,9-12)5-3-4-6-13-7-8-15-10(13)14/h7-8H,3-6H2,1-2H3. The van der Waals surface area contributed by atoms with Crippen molar-refractivity contribution in [3.63, 3.8) is 0 Å². The van der Waals surface area contributed by atoms with Crippen molar-refractivity contribution in [1.29, 1.82) is 5.26 Å². The van der Waals surface area contributed by atoms with Crippen LogP contribution in [0, 0.1) is 16.7 Å². The normalized spacial score (nSPS) is 11.3. The lowest BCUT2D eigenvalue weighted by Gasteiger charge is -2.14. The van der Waals surface area contributed by atoms with Gasteiger partial charge in [-0.15, -0.1) is 0 Å². The highest BCUT2D eigenvalue weighted by Crippen LogP contribution is 2.21. The van der Waals surface area contributed by atoms with Gasteiger partial charge < -0.3 is 4.57 Å². The van der Waals surface area contributed by atoms with Crippen molar-refractivity contribution in [1.82, 2.24) is 4.57 Å². The molecular formula is C11H16N2OS. The van der Waals surface area contributed by atoms with Crippen molar-refractivity contribution in [3.8, 4) is 6.07 Å². The van der Waals surface area contributed by atoms with E-state index in [4.69, 9.17) is 5.26 Å². The molecule has 0 spiro atoms. The Bertz CT molecular complexity index is 397. The lowest BCUT2D eigenvalue weighted by atomic mass is 9.89. The van der Waals surface area contributed by atoms with E-state index >= 15 is 0 Å². The lowest BCUT2D eigenvalue weighted by Crippen LogP contribution is -2.13. The highest BCUT2D eigenvalue weighted by Gasteiger charge is 2.15. The van der Waals surface area contributed by atoms with E-state index in [0.717, 1.165) is 25.8 Å². The van der Waals surface area contributed by atoms with Gasteiger partial charge in [-0.25, -0.2) is 0 Å². The minimum atomic E-state index is -0.237. The van der Waals surface area contributed by atoms with Gasteiger partial charge in [0.1, 0.15) is 0 Å². The number of unbranched alkanes of at least 4 members (excludes halogenated alkanes) is 1. The Labute approximate surface area is 94.0 Å². The quantitative estimate of drug-likeness (QED) is 0.722. The van der Waals surface area contributed by atoms with E-state index in [0.29, 0.717) is 0 Å². The zero-order valence-corrected chi connectivity index (χ0v) is 10.0. The van der Waals surface area contributed by atoms with Crippen molar-refractivity contribution in [2.75, 3.05) is 0 Å². The topological polar surface area (TPSA) is 45.8 Å². The van der Waals surface area contributed by atoms with Crippen LogP contribution in [0.1, 0.15) is 33.1 Å². The van der Waals surface area contributed by atoms with Crippen LogP contribution in [0.25, 0.3) is 0 Å². The third-order valence-electron chi connectivity index (χ3n) is 2.40. The van der Waals surface area contributed by atoms with Gasteiger partial charge in [0.25, 0.3) is 0 Å². The first-order valence-electron chi connectivity index (χ1n) is 5.10. The molecule has 4 heteroatoms. The summed E-state index contributed by atoms with van der Waals surface area (Å²) in [6, 6.07) is 2.28. The van der Waals surface area contributed by atoms with Gasteiger partial charge in [-0.05, 0) is 26.7 Å². The fourth-order valence-corrected chi connectivity index (χ4v) is 1.97. The van der Waals surface area contributed by atoms with E-state index < -0.39 is 0 Å². The van der Waals surface area contributed by atoms with Gasteiger partial charge in [0, 0.05) is 18.1 Å². The number of aryl methyl sites for hydroxylation is 1. The maximum absolute atomic E-state index is 11.2. The lowest BCUT2D eigenvalue weighted by molar-refractivity contribution is 0.416. The van der Waals surface area contributed by atoms with Gasteiger partial charge in [0.05, 0.1) is 11.5 Å². The number of nitriles is 1. The summed E-state index contributed by atoms with van der Waals surface area (Å²) in [6.45, 7) is 4.66. The molecule has 0 unspecified atom stereocenters. The number of rotatable bonds is 5. The summed E-state index contributed by atoms with van der Waals surface area (Å²) in [5.74, 6) is 0. The first-order valence-corrected chi connectivity index (χ1v) is 5.98. The Morgan fingerprint density at radius 1 is 1.53 bits per heavy atom. The van der Waals surface area contributed by atoms with Gasteiger partial charge in [0.2, 0.25) is 0 Å². The van der Waals surface area contributed by atoms with Crippen molar-refractivity contribution < 1.29 is 0 Å². The molecule has 0 amide bonds. The monoisotopic (exact) mass is 224 g/mol. The Morgan fingerprint density at radius 3 is 2.80 bits per heavy atom. The number of hydrogen-bond acceptors (Lipinski definition) is 3. The maximum atomic E-state index is 11.2. The van der Waals surface area contributed by atoms with E-state index in [1.54, 1.807) is 4.57 Å². The van der Waals surface area contributed by atoms with Crippen molar-refractivity contribution in [2.45, 2.75) is 39.7 Å². The summed E-state index contributed by atoms with van der Waals surface area (Å²) in [5.41, 5.74) is -0.237. The average Bonchev–Trinajstić information content (AvgIpc) is 2.59. The second kappa shape index (κ2) is 5.13. The van der Waals surface area contributed by atoms with Gasteiger partial charge in [0.15, 0.2) is 0 Å². The fourth-order valence-electron chi connectivity index (χ4n) is 1.36. The molecule has 0 aliphatic carbocycles. The molecule has 0 fully saturated rings. The van der Waals surface area contributed by atoms with Crippen molar-refractivity contribution >= 4 is 11.3 Å². The van der Waals surface area contributed by atoms with Crippen LogP contribution in [-0.2, 0) is 6.54 Å². The van der Waals surface area contributed by atoms with Crippen LogP contribution in [-0.4, -0.2) is 4.57 Å². The summed E-state index contributed by atoms with van der Waals surface area (Å²) in [5, 5.41) is 10.6. The van der Waals surface area contributed by atoms with E-state index in [1.807, 2.05) is 25.4 Å². The molecule has 15 heavy (non-hydrogen) atoms. The zero-order valence-electron chi connectivity index (χ0n) is 9.19. The zero-order chi connectivity index (χ0) is 11.3. The van der Waals surface area contributed by atoms with Gasteiger partial charge in [-0.1, -0.05) is 17.8 Å². The number of aromatic nitrogens is 1. The SMILES string of the molecule is CC(C)(C#N)CCCCn1ccsc1=O. The van der Waals surface area contributed by atoms with E-state index in [9.17, 15) is 4.79 Å². The summed E-state index contributed by atoms with van der Waals surface area (Å²) in [4.78, 5) is 11.3. The van der Waals surface area contributed by atoms with Crippen LogP contribution < -0.4 is 4.87 Å². The van der Waals surface area contributed by atoms with E-state index in [2.05, 4.69) is 6.07 Å². The summed E-state index contributed by atoms with van der Waals surface area (Å²) in [7, 11) is 0. The molecule has 0 aliphatic heterocycles. The molecule has 1 aromatic rings. The summed E-state index contributed by atoms with van der Waals surface area (Å²) >= 11 is 1.23. The molecule has 3 nitrogen and oxygen atoms in total. The second-order valence-electron chi connectivity index (χ2n) is 4.32. The third kappa shape index (κ3) is 3.88.